The van der Waals surface area contributed by atoms with Crippen LogP contribution >= 0.6 is 11.6 Å². The van der Waals surface area contributed by atoms with E-state index in [2.05, 4.69) is 15.6 Å². The first-order valence-electron chi connectivity index (χ1n) is 8.42. The lowest BCUT2D eigenvalue weighted by Gasteiger charge is -2.07. The molecule has 0 spiro atoms. The molecule has 0 fully saturated rings. The summed E-state index contributed by atoms with van der Waals surface area (Å²) in [4.78, 5) is 12.2. The number of hydrogen-bond donors (Lipinski definition) is 1. The van der Waals surface area contributed by atoms with Crippen LogP contribution in [0.25, 0.3) is 0 Å². The molecule has 144 valence electrons. The van der Waals surface area contributed by atoms with Gasteiger partial charge in [0.05, 0.1) is 27.0 Å². The molecule has 0 saturated carbocycles. The van der Waals surface area contributed by atoms with Crippen LogP contribution < -0.4 is 14.9 Å². The van der Waals surface area contributed by atoms with E-state index in [4.69, 9.17) is 21.1 Å². The molecule has 1 amide bonds. The molecule has 0 unspecified atom stereocenters. The van der Waals surface area contributed by atoms with Crippen molar-refractivity contribution in [3.63, 3.8) is 0 Å². The maximum Gasteiger partial charge on any atom is 0.291 e. The molecular weight excluding hydrogens is 380 g/mol. The van der Waals surface area contributed by atoms with Gasteiger partial charge in [-0.25, -0.2) is 5.43 Å². The summed E-state index contributed by atoms with van der Waals surface area (Å²) in [6.07, 6.45) is 3.26. The van der Waals surface area contributed by atoms with E-state index in [1.54, 1.807) is 49.4 Å². The highest BCUT2D eigenvalue weighted by molar-refractivity contribution is 6.30. The summed E-state index contributed by atoms with van der Waals surface area (Å²) in [6.45, 7) is 0.541. The monoisotopic (exact) mass is 398 g/mol. The van der Waals surface area contributed by atoms with Gasteiger partial charge in [0.15, 0.2) is 17.2 Å². The summed E-state index contributed by atoms with van der Waals surface area (Å²) in [7, 11) is 3.12. The number of nitrogens with zero attached hydrogens (tertiary/aromatic N) is 3. The SMILES string of the molecule is COc1ccc(/C=N\NC(=O)c2ccn(Cc3ccc(Cl)cc3)n2)cc1OC. The fourth-order valence-electron chi connectivity index (χ4n) is 2.50. The Balaban J connectivity index is 1.60. The van der Waals surface area contributed by atoms with Gasteiger partial charge < -0.3 is 9.47 Å². The molecule has 1 N–H and O–H groups in total. The molecule has 0 saturated heterocycles. The van der Waals surface area contributed by atoms with E-state index >= 15 is 0 Å². The second kappa shape index (κ2) is 9.05. The summed E-state index contributed by atoms with van der Waals surface area (Å²) >= 11 is 5.88. The van der Waals surface area contributed by atoms with Gasteiger partial charge >= 0.3 is 0 Å². The van der Waals surface area contributed by atoms with Crippen LogP contribution in [0.3, 0.4) is 0 Å². The molecule has 8 heteroatoms. The molecule has 0 aliphatic rings. The van der Waals surface area contributed by atoms with Crippen LogP contribution in [0.15, 0.2) is 59.8 Å². The standard InChI is InChI=1S/C20H19ClN4O3/c1-27-18-8-5-15(11-19(18)28-2)12-22-23-20(26)17-9-10-25(24-17)13-14-3-6-16(21)7-4-14/h3-12H,13H2,1-2H3,(H,23,26)/b22-12-. The van der Waals surface area contributed by atoms with E-state index in [1.807, 2.05) is 24.3 Å². The second-order valence-electron chi connectivity index (χ2n) is 5.84. The van der Waals surface area contributed by atoms with Crippen molar-refractivity contribution < 1.29 is 14.3 Å². The van der Waals surface area contributed by atoms with Gasteiger partial charge in [-0.1, -0.05) is 23.7 Å². The van der Waals surface area contributed by atoms with Gasteiger partial charge in [0.25, 0.3) is 5.91 Å². The maximum absolute atomic E-state index is 12.2. The lowest BCUT2D eigenvalue weighted by atomic mass is 10.2. The van der Waals surface area contributed by atoms with E-state index < -0.39 is 5.91 Å². The van der Waals surface area contributed by atoms with Gasteiger partial charge in [0.1, 0.15) is 0 Å². The van der Waals surface area contributed by atoms with Crippen LogP contribution in [0.1, 0.15) is 21.6 Å². The van der Waals surface area contributed by atoms with Crippen LogP contribution in [0.5, 0.6) is 11.5 Å². The third kappa shape index (κ3) is 4.89. The number of rotatable bonds is 7. The van der Waals surface area contributed by atoms with Gasteiger partial charge in [0.2, 0.25) is 0 Å². The van der Waals surface area contributed by atoms with Crippen molar-refractivity contribution in [3.8, 4) is 11.5 Å². The quantitative estimate of drug-likeness (QED) is 0.489. The molecule has 3 rings (SSSR count). The van der Waals surface area contributed by atoms with E-state index in [0.29, 0.717) is 23.1 Å². The van der Waals surface area contributed by atoms with Crippen molar-refractivity contribution in [3.05, 3.63) is 76.6 Å². The number of ether oxygens (including phenoxy) is 2. The first kappa shape index (κ1) is 19.4. The Bertz CT molecular complexity index is 983. The average molecular weight is 399 g/mol. The zero-order valence-corrected chi connectivity index (χ0v) is 16.2. The summed E-state index contributed by atoms with van der Waals surface area (Å²) in [5, 5.41) is 8.91. The number of amides is 1. The molecule has 1 aromatic heterocycles. The number of methoxy groups -OCH3 is 2. The predicted molar refractivity (Wildman–Crippen MR) is 107 cm³/mol. The molecule has 3 aromatic rings. The van der Waals surface area contributed by atoms with Crippen molar-refractivity contribution in [1.82, 2.24) is 15.2 Å². The molecular formula is C20H19ClN4O3. The Hall–Kier alpha value is -3.32. The lowest BCUT2D eigenvalue weighted by Crippen LogP contribution is -2.18. The van der Waals surface area contributed by atoms with Gasteiger partial charge in [0, 0.05) is 11.2 Å². The number of hydrazone groups is 1. The van der Waals surface area contributed by atoms with Gasteiger partial charge in [-0.3, -0.25) is 9.48 Å². The number of carbonyl (C=O) groups is 1. The average Bonchev–Trinajstić information content (AvgIpc) is 3.18. The van der Waals surface area contributed by atoms with Crippen LogP contribution in [-0.2, 0) is 6.54 Å². The molecule has 0 bridgehead atoms. The second-order valence-corrected chi connectivity index (χ2v) is 6.28. The highest BCUT2D eigenvalue weighted by Crippen LogP contribution is 2.26. The van der Waals surface area contributed by atoms with Crippen LogP contribution in [0, 0.1) is 0 Å². The van der Waals surface area contributed by atoms with Gasteiger partial charge in [-0.2, -0.15) is 10.2 Å². The number of carbonyl (C=O) groups excluding carboxylic acids is 1. The van der Waals surface area contributed by atoms with Crippen molar-refractivity contribution in [2.24, 2.45) is 5.10 Å². The Kier molecular flexibility index (Phi) is 6.29. The molecule has 0 aliphatic heterocycles. The minimum atomic E-state index is -0.397. The number of aromatic nitrogens is 2. The van der Waals surface area contributed by atoms with Gasteiger partial charge in [-0.05, 0) is 47.5 Å². The molecule has 7 nitrogen and oxygen atoms in total. The van der Waals surface area contributed by atoms with E-state index in [0.717, 1.165) is 11.1 Å². The Morgan fingerprint density at radius 3 is 2.61 bits per heavy atom. The smallest absolute Gasteiger partial charge is 0.291 e. The molecule has 2 aromatic carbocycles. The first-order chi connectivity index (χ1) is 13.6. The zero-order chi connectivity index (χ0) is 19.9. The summed E-state index contributed by atoms with van der Waals surface area (Å²) in [5.41, 5.74) is 4.53. The Morgan fingerprint density at radius 1 is 1.14 bits per heavy atom. The molecule has 0 radical (unpaired) electrons. The fourth-order valence-corrected chi connectivity index (χ4v) is 2.63. The Morgan fingerprint density at radius 2 is 1.89 bits per heavy atom. The zero-order valence-electron chi connectivity index (χ0n) is 15.4. The highest BCUT2D eigenvalue weighted by atomic mass is 35.5. The van der Waals surface area contributed by atoms with E-state index in [-0.39, 0.29) is 5.69 Å². The number of halogens is 1. The summed E-state index contributed by atoms with van der Waals surface area (Å²) in [5.74, 6) is 0.806. The largest absolute Gasteiger partial charge is 0.493 e. The van der Waals surface area contributed by atoms with Gasteiger partial charge in [-0.15, -0.1) is 0 Å². The third-order valence-electron chi connectivity index (χ3n) is 3.92. The molecule has 1 heterocycles. The summed E-state index contributed by atoms with van der Waals surface area (Å²) < 4.78 is 12.1. The first-order valence-corrected chi connectivity index (χ1v) is 8.80. The minimum Gasteiger partial charge on any atom is -0.493 e. The highest BCUT2D eigenvalue weighted by Gasteiger charge is 2.09. The number of hydrogen-bond acceptors (Lipinski definition) is 5. The van der Waals surface area contributed by atoms with Crippen molar-refractivity contribution in [2.45, 2.75) is 6.54 Å². The third-order valence-corrected chi connectivity index (χ3v) is 4.17. The predicted octanol–water partition coefficient (Wildman–Crippen LogP) is 3.37. The number of benzene rings is 2. The van der Waals surface area contributed by atoms with Crippen molar-refractivity contribution >= 4 is 23.7 Å². The van der Waals surface area contributed by atoms with Crippen molar-refractivity contribution in [1.29, 1.82) is 0 Å². The van der Waals surface area contributed by atoms with E-state index in [1.165, 1.54) is 6.21 Å². The Labute approximate surface area is 167 Å². The number of nitrogens with one attached hydrogen (secondary N) is 1. The normalized spacial score (nSPS) is 10.8. The van der Waals surface area contributed by atoms with Crippen molar-refractivity contribution in [2.75, 3.05) is 14.2 Å². The fraction of sp³-hybridized carbons (Fsp3) is 0.150. The molecule has 0 atom stereocenters. The van der Waals surface area contributed by atoms with Crippen LogP contribution in [-0.4, -0.2) is 36.1 Å². The minimum absolute atomic E-state index is 0.276. The van der Waals surface area contributed by atoms with E-state index in [9.17, 15) is 4.79 Å². The molecule has 28 heavy (non-hydrogen) atoms. The van der Waals surface area contributed by atoms with Crippen LogP contribution in [0.4, 0.5) is 0 Å². The maximum atomic E-state index is 12.2. The topological polar surface area (TPSA) is 77.7 Å². The summed E-state index contributed by atoms with van der Waals surface area (Å²) in [6, 6.07) is 14.4. The lowest BCUT2D eigenvalue weighted by molar-refractivity contribution is 0.0949. The van der Waals surface area contributed by atoms with Crippen LogP contribution in [0.2, 0.25) is 5.02 Å². The molecule has 0 aliphatic carbocycles.